The van der Waals surface area contributed by atoms with Crippen LogP contribution in [0.1, 0.15) is 104 Å². The fourth-order valence-electron chi connectivity index (χ4n) is 9.85. The minimum Gasteiger partial charge on any atom is -0.490 e. The Morgan fingerprint density at radius 1 is 0.593 bits per heavy atom. The Morgan fingerprint density at radius 3 is 1.37 bits per heavy atom. The van der Waals surface area contributed by atoms with Crippen molar-refractivity contribution in [3.8, 4) is 11.5 Å². The number of methoxy groups -OCH3 is 1. The van der Waals surface area contributed by atoms with Crippen molar-refractivity contribution < 1.29 is 28.9 Å². The zero-order chi connectivity index (χ0) is 41.9. The van der Waals surface area contributed by atoms with Crippen molar-refractivity contribution in [2.75, 3.05) is 33.3 Å². The first-order valence-corrected chi connectivity index (χ1v) is 22.2. The van der Waals surface area contributed by atoms with Crippen LogP contribution in [0.4, 0.5) is 0 Å². The van der Waals surface area contributed by atoms with Gasteiger partial charge < -0.3 is 19.3 Å². The third-order valence-corrected chi connectivity index (χ3v) is 13.8. The molecule has 0 aromatic heterocycles. The first-order valence-electron chi connectivity index (χ1n) is 22.2. The number of carboxylic acid groups (broad SMARTS) is 1. The predicted molar refractivity (Wildman–Crippen MR) is 237 cm³/mol. The first kappa shape index (κ1) is 43.0. The van der Waals surface area contributed by atoms with Crippen LogP contribution in [0.3, 0.4) is 0 Å². The van der Waals surface area contributed by atoms with E-state index in [0.717, 1.165) is 75.2 Å². The highest BCUT2D eigenvalue weighted by atomic mass is 16.5. The summed E-state index contributed by atoms with van der Waals surface area (Å²) in [5.41, 5.74) is 3.29. The van der Waals surface area contributed by atoms with Gasteiger partial charge in [0.15, 0.2) is 0 Å². The maximum absolute atomic E-state index is 11.6. The fraction of sp³-hybridized carbons (Fsp3) is 0.569. The van der Waals surface area contributed by atoms with E-state index in [1.807, 2.05) is 0 Å². The van der Waals surface area contributed by atoms with E-state index >= 15 is 0 Å². The number of esters is 1. The van der Waals surface area contributed by atoms with Gasteiger partial charge in [-0.1, -0.05) is 90.1 Å². The van der Waals surface area contributed by atoms with Gasteiger partial charge in [0.1, 0.15) is 11.5 Å². The van der Waals surface area contributed by atoms with Crippen molar-refractivity contribution >= 4 is 33.5 Å². The highest BCUT2D eigenvalue weighted by Gasteiger charge is 2.35. The third kappa shape index (κ3) is 10.8. The van der Waals surface area contributed by atoms with Crippen LogP contribution in [0.5, 0.6) is 11.5 Å². The lowest BCUT2D eigenvalue weighted by atomic mass is 9.72. The topological polar surface area (TPSA) is 88.5 Å². The van der Waals surface area contributed by atoms with E-state index in [1.165, 1.54) is 65.5 Å². The van der Waals surface area contributed by atoms with Gasteiger partial charge in [-0.05, 0) is 120 Å². The molecule has 0 spiro atoms. The molecule has 2 saturated heterocycles. The summed E-state index contributed by atoms with van der Waals surface area (Å²) < 4.78 is 17.8. The molecule has 2 aliphatic heterocycles. The van der Waals surface area contributed by atoms with Gasteiger partial charge in [-0.15, -0.1) is 0 Å². The quantitative estimate of drug-likeness (QED) is 0.159. The van der Waals surface area contributed by atoms with Crippen molar-refractivity contribution in [2.45, 2.75) is 118 Å². The lowest BCUT2D eigenvalue weighted by Crippen LogP contribution is -2.49. The van der Waals surface area contributed by atoms with E-state index < -0.39 is 5.97 Å². The van der Waals surface area contributed by atoms with Crippen molar-refractivity contribution in [1.82, 2.24) is 9.80 Å². The number of fused-ring (bicyclic) bond motifs is 2. The average molecular weight is 805 g/mol. The van der Waals surface area contributed by atoms with Crippen LogP contribution in [0.15, 0.2) is 72.8 Å². The number of hydrogen-bond acceptors (Lipinski definition) is 7. The number of carboxylic acids is 1. The molecule has 1 N–H and O–H groups in total. The molecule has 318 valence electrons. The number of carbonyl (C=O) groups is 2. The van der Waals surface area contributed by atoms with Gasteiger partial charge in [0.05, 0.1) is 31.2 Å². The Labute approximate surface area is 352 Å². The zero-order valence-corrected chi connectivity index (χ0v) is 36.7. The Morgan fingerprint density at radius 2 is 1.00 bits per heavy atom. The van der Waals surface area contributed by atoms with Crippen LogP contribution in [0.2, 0.25) is 0 Å². The summed E-state index contributed by atoms with van der Waals surface area (Å²) in [6, 6.07) is 25.8. The molecular formula is C51H68N2O6. The Hall–Kier alpha value is -4.14. The average Bonchev–Trinajstić information content (AvgIpc) is 3.17. The predicted octanol–water partition coefficient (Wildman–Crippen LogP) is 10.8. The summed E-state index contributed by atoms with van der Waals surface area (Å²) in [5, 5.41) is 13.8. The van der Waals surface area contributed by atoms with Crippen LogP contribution < -0.4 is 9.47 Å². The lowest BCUT2D eigenvalue weighted by molar-refractivity contribution is -0.151. The second-order valence-electron chi connectivity index (χ2n) is 20.2. The summed E-state index contributed by atoms with van der Waals surface area (Å²) in [6.45, 7) is 18.7. The van der Waals surface area contributed by atoms with Gasteiger partial charge in [0, 0.05) is 50.0 Å². The van der Waals surface area contributed by atoms with E-state index in [1.54, 1.807) is 0 Å². The molecule has 59 heavy (non-hydrogen) atoms. The van der Waals surface area contributed by atoms with Gasteiger partial charge >= 0.3 is 11.9 Å². The molecule has 2 aliphatic carbocycles. The molecule has 4 fully saturated rings. The highest BCUT2D eigenvalue weighted by Crippen LogP contribution is 2.41. The molecule has 0 atom stereocenters. The molecule has 4 aromatic rings. The number of carbonyl (C=O) groups excluding carboxylic acids is 1. The van der Waals surface area contributed by atoms with Gasteiger partial charge in [0.25, 0.3) is 0 Å². The number of hydrogen-bond donors (Lipinski definition) is 1. The SMILES string of the molecule is CC(C)(C)C1CCC(Oc2cccc3cc(CN4CC(C(=O)O)C4)ccc23)CC1.COC(=O)C1CN(Cc2ccc3c(OC4CCC(C(C)(C)C)CC4)cccc3c2)C1. The molecule has 2 saturated carbocycles. The van der Waals surface area contributed by atoms with Crippen LogP contribution in [0.25, 0.3) is 21.5 Å². The minimum atomic E-state index is -0.682. The summed E-state index contributed by atoms with van der Waals surface area (Å²) in [6.07, 6.45) is 10.2. The summed E-state index contributed by atoms with van der Waals surface area (Å²) in [5.74, 6) is 2.64. The standard InChI is InChI=1S/C26H35NO3.C25H33NO3/c1-26(2,3)21-9-11-22(12-10-21)30-24-7-5-6-19-14-18(8-13-23(19)24)15-27-16-20(17-27)25(28)29-4;1-25(2,3)20-8-10-21(11-9-20)29-23-6-4-5-18-13-17(7-12-22(18)23)14-26-15-19(16-26)24(27)28/h5-8,13-14,20-22H,9-12,15-17H2,1-4H3;4-7,12-13,19-21H,8-11,14-16H2,1-3H3,(H,27,28). The van der Waals surface area contributed by atoms with E-state index in [-0.39, 0.29) is 17.8 Å². The van der Waals surface area contributed by atoms with E-state index in [9.17, 15) is 9.59 Å². The van der Waals surface area contributed by atoms with Crippen LogP contribution in [-0.2, 0) is 27.4 Å². The molecule has 4 aromatic carbocycles. The molecule has 0 radical (unpaired) electrons. The maximum Gasteiger partial charge on any atom is 0.311 e. The molecule has 4 aliphatic rings. The number of aliphatic carboxylic acids is 1. The Bertz CT molecular complexity index is 2050. The number of benzene rings is 4. The highest BCUT2D eigenvalue weighted by molar-refractivity contribution is 5.89. The largest absolute Gasteiger partial charge is 0.490 e. The number of rotatable bonds is 10. The summed E-state index contributed by atoms with van der Waals surface area (Å²) >= 11 is 0. The first-order chi connectivity index (χ1) is 28.1. The Kier molecular flexibility index (Phi) is 13.3. The molecule has 8 heteroatoms. The van der Waals surface area contributed by atoms with E-state index in [4.69, 9.17) is 19.3 Å². The van der Waals surface area contributed by atoms with E-state index in [2.05, 4.69) is 124 Å². The maximum atomic E-state index is 11.6. The third-order valence-electron chi connectivity index (χ3n) is 13.8. The van der Waals surface area contributed by atoms with Crippen LogP contribution in [0, 0.1) is 34.5 Å². The molecule has 8 nitrogen and oxygen atoms in total. The molecule has 0 unspecified atom stereocenters. The molecule has 2 heterocycles. The van der Waals surface area contributed by atoms with Crippen molar-refractivity contribution in [2.24, 2.45) is 34.5 Å². The van der Waals surface area contributed by atoms with Crippen LogP contribution in [-0.4, -0.2) is 72.3 Å². The lowest BCUT2D eigenvalue weighted by Gasteiger charge is -2.37. The number of nitrogens with zero attached hydrogens (tertiary/aromatic N) is 2. The Balaban J connectivity index is 0.000000179. The second kappa shape index (κ2) is 18.2. The van der Waals surface area contributed by atoms with Crippen molar-refractivity contribution in [1.29, 1.82) is 0 Å². The smallest absolute Gasteiger partial charge is 0.311 e. The summed E-state index contributed by atoms with van der Waals surface area (Å²) in [7, 11) is 1.46. The molecular weight excluding hydrogens is 737 g/mol. The fourth-order valence-corrected chi connectivity index (χ4v) is 9.85. The van der Waals surface area contributed by atoms with E-state index in [0.29, 0.717) is 36.1 Å². The van der Waals surface area contributed by atoms with Gasteiger partial charge in [0.2, 0.25) is 0 Å². The van der Waals surface area contributed by atoms with Gasteiger partial charge in [-0.2, -0.15) is 0 Å². The monoisotopic (exact) mass is 805 g/mol. The normalized spacial score (nSPS) is 23.4. The number of likely N-dealkylation sites (tertiary alicyclic amines) is 2. The molecule has 8 rings (SSSR count). The summed E-state index contributed by atoms with van der Waals surface area (Å²) in [4.78, 5) is 27.0. The van der Waals surface area contributed by atoms with Crippen LogP contribution >= 0.6 is 0 Å². The van der Waals surface area contributed by atoms with Crippen molar-refractivity contribution in [3.05, 3.63) is 83.9 Å². The van der Waals surface area contributed by atoms with Crippen molar-refractivity contribution in [3.63, 3.8) is 0 Å². The molecule has 0 bridgehead atoms. The van der Waals surface area contributed by atoms with Gasteiger partial charge in [-0.25, -0.2) is 0 Å². The zero-order valence-electron chi connectivity index (χ0n) is 36.7. The second-order valence-corrected chi connectivity index (χ2v) is 20.2. The number of ether oxygens (including phenoxy) is 3. The minimum absolute atomic E-state index is 0.0313. The molecule has 0 amide bonds. The van der Waals surface area contributed by atoms with Gasteiger partial charge in [-0.3, -0.25) is 19.4 Å².